The standard InChI is InChI=1S/C9H12N2O/c12-9(8-5-11-6-8)7-2-1-3-10-4-7/h1-4,8-9,11-12H,5-6H2. The van der Waals surface area contributed by atoms with Gasteiger partial charge in [0, 0.05) is 31.4 Å². The number of nitrogens with one attached hydrogen (secondary N) is 1. The molecule has 0 aliphatic carbocycles. The summed E-state index contributed by atoms with van der Waals surface area (Å²) < 4.78 is 0. The molecule has 2 heterocycles. The molecule has 12 heavy (non-hydrogen) atoms. The van der Waals surface area contributed by atoms with Crippen LogP contribution in [0.25, 0.3) is 0 Å². The van der Waals surface area contributed by atoms with Crippen LogP contribution in [0.3, 0.4) is 0 Å². The fourth-order valence-corrected chi connectivity index (χ4v) is 1.36. The van der Waals surface area contributed by atoms with Crippen molar-refractivity contribution in [3.8, 4) is 0 Å². The molecular weight excluding hydrogens is 152 g/mol. The van der Waals surface area contributed by atoms with Crippen molar-refractivity contribution in [3.05, 3.63) is 30.1 Å². The lowest BCUT2D eigenvalue weighted by molar-refractivity contribution is 0.0764. The molecule has 1 aliphatic heterocycles. The van der Waals surface area contributed by atoms with Crippen LogP contribution in [-0.2, 0) is 0 Å². The number of aromatic nitrogens is 1. The average Bonchev–Trinajstić information content (AvgIpc) is 2.03. The Morgan fingerprint density at radius 1 is 1.58 bits per heavy atom. The highest BCUT2D eigenvalue weighted by Crippen LogP contribution is 2.23. The third kappa shape index (κ3) is 1.33. The summed E-state index contributed by atoms with van der Waals surface area (Å²) in [6.45, 7) is 1.83. The minimum absolute atomic E-state index is 0.347. The van der Waals surface area contributed by atoms with Gasteiger partial charge in [0.05, 0.1) is 6.10 Å². The quantitative estimate of drug-likeness (QED) is 0.662. The highest BCUT2D eigenvalue weighted by molar-refractivity contribution is 5.13. The van der Waals surface area contributed by atoms with Crippen LogP contribution in [0.1, 0.15) is 11.7 Å². The number of hydrogen-bond acceptors (Lipinski definition) is 3. The third-order valence-corrected chi connectivity index (χ3v) is 2.29. The number of aliphatic hydroxyl groups is 1. The van der Waals surface area contributed by atoms with Gasteiger partial charge in [-0.1, -0.05) is 6.07 Å². The van der Waals surface area contributed by atoms with Crippen molar-refractivity contribution in [2.45, 2.75) is 6.10 Å². The molecule has 1 saturated heterocycles. The van der Waals surface area contributed by atoms with Crippen molar-refractivity contribution in [3.63, 3.8) is 0 Å². The van der Waals surface area contributed by atoms with Gasteiger partial charge in [-0.2, -0.15) is 0 Å². The number of nitrogens with zero attached hydrogens (tertiary/aromatic N) is 1. The monoisotopic (exact) mass is 164 g/mol. The van der Waals surface area contributed by atoms with Gasteiger partial charge in [0.1, 0.15) is 0 Å². The van der Waals surface area contributed by atoms with Crippen LogP contribution in [0.15, 0.2) is 24.5 Å². The molecule has 3 nitrogen and oxygen atoms in total. The smallest absolute Gasteiger partial charge is 0.0857 e. The minimum atomic E-state index is -0.347. The second-order valence-corrected chi connectivity index (χ2v) is 3.15. The lowest BCUT2D eigenvalue weighted by atomic mass is 9.92. The van der Waals surface area contributed by atoms with E-state index in [1.807, 2.05) is 12.1 Å². The van der Waals surface area contributed by atoms with Gasteiger partial charge in [0.2, 0.25) is 0 Å². The predicted molar refractivity (Wildman–Crippen MR) is 45.6 cm³/mol. The van der Waals surface area contributed by atoms with Crippen LogP contribution in [0.5, 0.6) is 0 Å². The maximum absolute atomic E-state index is 9.76. The molecule has 0 amide bonds. The molecule has 0 bridgehead atoms. The fourth-order valence-electron chi connectivity index (χ4n) is 1.36. The van der Waals surface area contributed by atoms with E-state index in [4.69, 9.17) is 0 Å². The van der Waals surface area contributed by atoms with Gasteiger partial charge in [0.15, 0.2) is 0 Å². The number of hydrogen-bond donors (Lipinski definition) is 2. The Balaban J connectivity index is 2.08. The molecule has 1 atom stereocenters. The molecule has 1 aromatic rings. The molecule has 3 heteroatoms. The van der Waals surface area contributed by atoms with E-state index < -0.39 is 0 Å². The summed E-state index contributed by atoms with van der Waals surface area (Å²) in [5.41, 5.74) is 0.920. The van der Waals surface area contributed by atoms with Crippen LogP contribution in [-0.4, -0.2) is 23.2 Å². The summed E-state index contributed by atoms with van der Waals surface area (Å²) in [4.78, 5) is 3.97. The van der Waals surface area contributed by atoms with E-state index in [1.54, 1.807) is 12.4 Å². The average molecular weight is 164 g/mol. The van der Waals surface area contributed by atoms with Crippen LogP contribution in [0.2, 0.25) is 0 Å². The molecule has 1 unspecified atom stereocenters. The minimum Gasteiger partial charge on any atom is -0.388 e. The van der Waals surface area contributed by atoms with Crippen molar-refractivity contribution in [1.29, 1.82) is 0 Å². The summed E-state index contributed by atoms with van der Waals surface area (Å²) in [5, 5.41) is 12.9. The molecule has 1 aromatic heterocycles. The summed E-state index contributed by atoms with van der Waals surface area (Å²) in [6, 6.07) is 3.76. The van der Waals surface area contributed by atoms with Crippen LogP contribution < -0.4 is 5.32 Å². The molecule has 1 fully saturated rings. The van der Waals surface area contributed by atoms with E-state index in [0.717, 1.165) is 18.7 Å². The number of rotatable bonds is 2. The van der Waals surface area contributed by atoms with E-state index in [2.05, 4.69) is 10.3 Å². The molecule has 0 saturated carbocycles. The van der Waals surface area contributed by atoms with Crippen molar-refractivity contribution in [2.24, 2.45) is 5.92 Å². The molecule has 64 valence electrons. The van der Waals surface area contributed by atoms with Gasteiger partial charge >= 0.3 is 0 Å². The van der Waals surface area contributed by atoms with Crippen molar-refractivity contribution in [2.75, 3.05) is 13.1 Å². The lowest BCUT2D eigenvalue weighted by Gasteiger charge is -2.31. The van der Waals surface area contributed by atoms with Gasteiger partial charge in [-0.05, 0) is 11.6 Å². The Kier molecular flexibility index (Phi) is 2.06. The van der Waals surface area contributed by atoms with Crippen LogP contribution in [0.4, 0.5) is 0 Å². The Morgan fingerprint density at radius 3 is 2.92 bits per heavy atom. The molecule has 0 spiro atoms. The fraction of sp³-hybridized carbons (Fsp3) is 0.444. The van der Waals surface area contributed by atoms with Gasteiger partial charge in [-0.3, -0.25) is 4.98 Å². The number of pyridine rings is 1. The number of aliphatic hydroxyl groups excluding tert-OH is 1. The summed E-state index contributed by atoms with van der Waals surface area (Å²) in [5.74, 6) is 0.370. The highest BCUT2D eigenvalue weighted by atomic mass is 16.3. The van der Waals surface area contributed by atoms with Crippen LogP contribution >= 0.6 is 0 Å². The molecule has 2 N–H and O–H groups in total. The van der Waals surface area contributed by atoms with Gasteiger partial charge < -0.3 is 10.4 Å². The SMILES string of the molecule is OC(c1cccnc1)C1CNC1. The first kappa shape index (κ1) is 7.71. The summed E-state index contributed by atoms with van der Waals surface area (Å²) in [7, 11) is 0. The molecule has 0 radical (unpaired) electrons. The van der Waals surface area contributed by atoms with Gasteiger partial charge in [0.25, 0.3) is 0 Å². The largest absolute Gasteiger partial charge is 0.388 e. The Labute approximate surface area is 71.4 Å². The van der Waals surface area contributed by atoms with Gasteiger partial charge in [-0.15, -0.1) is 0 Å². The molecular formula is C9H12N2O. The van der Waals surface area contributed by atoms with Crippen molar-refractivity contribution in [1.82, 2.24) is 10.3 Å². The van der Waals surface area contributed by atoms with Gasteiger partial charge in [-0.25, -0.2) is 0 Å². The Hall–Kier alpha value is -0.930. The highest BCUT2D eigenvalue weighted by Gasteiger charge is 2.26. The van der Waals surface area contributed by atoms with Crippen LogP contribution in [0, 0.1) is 5.92 Å². The second-order valence-electron chi connectivity index (χ2n) is 3.15. The van der Waals surface area contributed by atoms with Crippen molar-refractivity contribution < 1.29 is 5.11 Å². The second kappa shape index (κ2) is 3.21. The Bertz CT molecular complexity index is 246. The molecule has 0 aromatic carbocycles. The zero-order valence-electron chi connectivity index (χ0n) is 6.77. The molecule has 1 aliphatic rings. The topological polar surface area (TPSA) is 45.2 Å². The first-order chi connectivity index (χ1) is 5.88. The third-order valence-electron chi connectivity index (χ3n) is 2.29. The van der Waals surface area contributed by atoms with Crippen molar-refractivity contribution >= 4 is 0 Å². The lowest BCUT2D eigenvalue weighted by Crippen LogP contribution is -2.45. The van der Waals surface area contributed by atoms with E-state index in [0.29, 0.717) is 5.92 Å². The Morgan fingerprint density at radius 2 is 2.42 bits per heavy atom. The zero-order valence-corrected chi connectivity index (χ0v) is 6.77. The zero-order chi connectivity index (χ0) is 8.39. The summed E-state index contributed by atoms with van der Waals surface area (Å²) >= 11 is 0. The summed E-state index contributed by atoms with van der Waals surface area (Å²) in [6.07, 6.45) is 3.10. The molecule has 2 rings (SSSR count). The maximum atomic E-state index is 9.76. The van der Waals surface area contributed by atoms with E-state index in [-0.39, 0.29) is 6.10 Å². The van der Waals surface area contributed by atoms with E-state index >= 15 is 0 Å². The van der Waals surface area contributed by atoms with E-state index in [9.17, 15) is 5.11 Å². The van der Waals surface area contributed by atoms with E-state index in [1.165, 1.54) is 0 Å². The maximum Gasteiger partial charge on any atom is 0.0857 e. The predicted octanol–water partition coefficient (Wildman–Crippen LogP) is 0.334. The first-order valence-electron chi connectivity index (χ1n) is 4.16. The first-order valence-corrected chi connectivity index (χ1v) is 4.16. The normalized spacial score (nSPS) is 20.1.